The monoisotopic (exact) mass is 276 g/mol. The van der Waals surface area contributed by atoms with E-state index in [1.54, 1.807) is 0 Å². The van der Waals surface area contributed by atoms with Crippen LogP contribution < -0.4 is 10.6 Å². The van der Waals surface area contributed by atoms with Crippen molar-refractivity contribution in [2.45, 2.75) is 46.5 Å². The van der Waals surface area contributed by atoms with Crippen molar-refractivity contribution in [1.29, 1.82) is 0 Å². The molecule has 4 heteroatoms. The standard InChI is InChI=1S/C16H24N2O2/c1-4-5-6-7-17-15(19)11-16(20)18-14-9-12(2)8-13(3)10-14/h8-10H,4-7,11H2,1-3H3,(H,17,19)(H,18,20). The minimum atomic E-state index is -0.275. The Balaban J connectivity index is 2.37. The fraction of sp³-hybridized carbons (Fsp3) is 0.500. The van der Waals surface area contributed by atoms with Crippen molar-refractivity contribution >= 4 is 17.5 Å². The summed E-state index contributed by atoms with van der Waals surface area (Å²) >= 11 is 0. The van der Waals surface area contributed by atoms with Gasteiger partial charge in [-0.1, -0.05) is 25.8 Å². The van der Waals surface area contributed by atoms with Gasteiger partial charge in [-0.25, -0.2) is 0 Å². The summed E-state index contributed by atoms with van der Waals surface area (Å²) in [5.74, 6) is -0.494. The Bertz CT molecular complexity index is 449. The van der Waals surface area contributed by atoms with Crippen molar-refractivity contribution in [3.8, 4) is 0 Å². The number of aryl methyl sites for hydroxylation is 2. The SMILES string of the molecule is CCCCCNC(=O)CC(=O)Nc1cc(C)cc(C)c1. The topological polar surface area (TPSA) is 58.2 Å². The Kier molecular flexibility index (Phi) is 6.77. The fourth-order valence-electron chi connectivity index (χ4n) is 2.06. The molecule has 2 N–H and O–H groups in total. The predicted molar refractivity (Wildman–Crippen MR) is 81.7 cm³/mol. The molecule has 0 aliphatic carbocycles. The molecule has 0 fully saturated rings. The lowest BCUT2D eigenvalue weighted by Gasteiger charge is -2.08. The summed E-state index contributed by atoms with van der Waals surface area (Å²) in [5, 5.41) is 5.51. The summed E-state index contributed by atoms with van der Waals surface area (Å²) < 4.78 is 0. The molecule has 0 aliphatic heterocycles. The summed E-state index contributed by atoms with van der Waals surface area (Å²) in [6, 6.07) is 5.82. The molecule has 4 nitrogen and oxygen atoms in total. The Morgan fingerprint density at radius 2 is 1.65 bits per heavy atom. The second-order valence-corrected chi connectivity index (χ2v) is 5.16. The average Bonchev–Trinajstić information content (AvgIpc) is 2.33. The molecule has 110 valence electrons. The van der Waals surface area contributed by atoms with Crippen LogP contribution in [0.15, 0.2) is 18.2 Å². The largest absolute Gasteiger partial charge is 0.356 e. The van der Waals surface area contributed by atoms with Crippen LogP contribution in [0.25, 0.3) is 0 Å². The molecular formula is C16H24N2O2. The van der Waals surface area contributed by atoms with Gasteiger partial charge >= 0.3 is 0 Å². The number of carbonyl (C=O) groups is 2. The van der Waals surface area contributed by atoms with E-state index < -0.39 is 0 Å². The lowest BCUT2D eigenvalue weighted by atomic mass is 10.1. The Morgan fingerprint density at radius 3 is 2.25 bits per heavy atom. The minimum Gasteiger partial charge on any atom is -0.356 e. The molecular weight excluding hydrogens is 252 g/mol. The Hall–Kier alpha value is -1.84. The number of amides is 2. The third-order valence-corrected chi connectivity index (χ3v) is 2.93. The molecule has 0 aliphatic rings. The van der Waals surface area contributed by atoms with Gasteiger partial charge in [-0.05, 0) is 43.5 Å². The van der Waals surface area contributed by atoms with Gasteiger partial charge in [-0.15, -0.1) is 0 Å². The molecule has 1 aromatic rings. The van der Waals surface area contributed by atoms with E-state index in [2.05, 4.69) is 17.6 Å². The fourth-order valence-corrected chi connectivity index (χ4v) is 2.06. The van der Waals surface area contributed by atoms with E-state index in [0.29, 0.717) is 6.54 Å². The van der Waals surface area contributed by atoms with Gasteiger partial charge in [-0.2, -0.15) is 0 Å². The zero-order valence-electron chi connectivity index (χ0n) is 12.6. The van der Waals surface area contributed by atoms with Crippen LogP contribution in [0.2, 0.25) is 0 Å². The molecule has 0 radical (unpaired) electrons. The summed E-state index contributed by atoms with van der Waals surface area (Å²) in [7, 11) is 0. The van der Waals surface area contributed by atoms with Gasteiger partial charge in [-0.3, -0.25) is 9.59 Å². The van der Waals surface area contributed by atoms with Crippen molar-refractivity contribution in [2.75, 3.05) is 11.9 Å². The molecule has 2 amide bonds. The maximum atomic E-state index is 11.8. The molecule has 0 saturated heterocycles. The lowest BCUT2D eigenvalue weighted by Crippen LogP contribution is -2.28. The first-order chi connectivity index (χ1) is 9.51. The number of benzene rings is 1. The summed E-state index contributed by atoms with van der Waals surface area (Å²) in [6.45, 7) is 6.70. The van der Waals surface area contributed by atoms with Crippen LogP contribution >= 0.6 is 0 Å². The van der Waals surface area contributed by atoms with E-state index in [0.717, 1.165) is 36.1 Å². The van der Waals surface area contributed by atoms with Crippen molar-refractivity contribution in [3.05, 3.63) is 29.3 Å². The molecule has 0 spiro atoms. The van der Waals surface area contributed by atoms with E-state index in [1.165, 1.54) is 0 Å². The first-order valence-electron chi connectivity index (χ1n) is 7.16. The summed E-state index contributed by atoms with van der Waals surface area (Å²) in [5.41, 5.74) is 2.92. The van der Waals surface area contributed by atoms with Crippen molar-refractivity contribution in [2.24, 2.45) is 0 Å². The zero-order chi connectivity index (χ0) is 15.0. The van der Waals surface area contributed by atoms with Gasteiger partial charge in [0.15, 0.2) is 0 Å². The molecule has 0 aromatic heterocycles. The van der Waals surface area contributed by atoms with E-state index in [4.69, 9.17) is 0 Å². The molecule has 0 heterocycles. The number of rotatable bonds is 7. The van der Waals surface area contributed by atoms with Crippen LogP contribution in [-0.4, -0.2) is 18.4 Å². The number of hydrogen-bond donors (Lipinski definition) is 2. The third-order valence-electron chi connectivity index (χ3n) is 2.93. The second-order valence-electron chi connectivity index (χ2n) is 5.16. The van der Waals surface area contributed by atoms with E-state index in [-0.39, 0.29) is 18.2 Å². The van der Waals surface area contributed by atoms with Gasteiger partial charge in [0.05, 0.1) is 0 Å². The molecule has 20 heavy (non-hydrogen) atoms. The number of anilines is 1. The number of carbonyl (C=O) groups excluding carboxylic acids is 2. The van der Waals surface area contributed by atoms with Crippen molar-refractivity contribution < 1.29 is 9.59 Å². The highest BCUT2D eigenvalue weighted by Crippen LogP contribution is 2.13. The van der Waals surface area contributed by atoms with Crippen molar-refractivity contribution in [3.63, 3.8) is 0 Å². The zero-order valence-corrected chi connectivity index (χ0v) is 12.6. The maximum absolute atomic E-state index is 11.8. The summed E-state index contributed by atoms with van der Waals surface area (Å²) in [6.07, 6.45) is 3.04. The normalized spacial score (nSPS) is 10.2. The first kappa shape index (κ1) is 16.2. The van der Waals surface area contributed by atoms with Gasteiger partial charge in [0.25, 0.3) is 0 Å². The predicted octanol–water partition coefficient (Wildman–Crippen LogP) is 2.94. The quantitative estimate of drug-likeness (QED) is 0.594. The highest BCUT2D eigenvalue weighted by Gasteiger charge is 2.09. The average molecular weight is 276 g/mol. The first-order valence-corrected chi connectivity index (χ1v) is 7.16. The molecule has 1 rings (SSSR count). The number of unbranched alkanes of at least 4 members (excludes halogenated alkanes) is 2. The van der Waals surface area contributed by atoms with Crippen LogP contribution in [0.4, 0.5) is 5.69 Å². The summed E-state index contributed by atoms with van der Waals surface area (Å²) in [4.78, 5) is 23.3. The highest BCUT2D eigenvalue weighted by molar-refractivity contribution is 6.03. The molecule has 0 atom stereocenters. The third kappa shape index (κ3) is 6.36. The van der Waals surface area contributed by atoms with Crippen LogP contribution in [0.1, 0.15) is 43.7 Å². The van der Waals surface area contributed by atoms with Crippen molar-refractivity contribution in [1.82, 2.24) is 5.32 Å². The number of nitrogens with one attached hydrogen (secondary N) is 2. The molecule has 0 saturated carbocycles. The second kappa shape index (κ2) is 8.35. The van der Waals surface area contributed by atoms with Crippen LogP contribution in [-0.2, 0) is 9.59 Å². The lowest BCUT2D eigenvalue weighted by molar-refractivity contribution is -0.126. The van der Waals surface area contributed by atoms with Gasteiger partial charge < -0.3 is 10.6 Å². The maximum Gasteiger partial charge on any atom is 0.233 e. The molecule has 1 aromatic carbocycles. The van der Waals surface area contributed by atoms with Gasteiger partial charge in [0.2, 0.25) is 11.8 Å². The van der Waals surface area contributed by atoms with Crippen LogP contribution in [0.5, 0.6) is 0 Å². The van der Waals surface area contributed by atoms with E-state index >= 15 is 0 Å². The van der Waals surface area contributed by atoms with Crippen LogP contribution in [0.3, 0.4) is 0 Å². The Labute approximate surface area is 121 Å². The Morgan fingerprint density at radius 1 is 1.00 bits per heavy atom. The van der Waals surface area contributed by atoms with Gasteiger partial charge in [0.1, 0.15) is 6.42 Å². The van der Waals surface area contributed by atoms with E-state index in [1.807, 2.05) is 32.0 Å². The smallest absolute Gasteiger partial charge is 0.233 e. The van der Waals surface area contributed by atoms with Crippen LogP contribution in [0, 0.1) is 13.8 Å². The van der Waals surface area contributed by atoms with E-state index in [9.17, 15) is 9.59 Å². The minimum absolute atomic E-state index is 0.126. The molecule has 0 bridgehead atoms. The number of hydrogen-bond acceptors (Lipinski definition) is 2. The highest BCUT2D eigenvalue weighted by atomic mass is 16.2. The van der Waals surface area contributed by atoms with Gasteiger partial charge in [0, 0.05) is 12.2 Å². The molecule has 0 unspecified atom stereocenters.